The van der Waals surface area contributed by atoms with Crippen LogP contribution in [0, 0.1) is 6.92 Å². The minimum atomic E-state index is 0.160. The Kier molecular flexibility index (Phi) is 3.03. The maximum atomic E-state index is 5.82. The number of halogens is 1. The molecule has 0 unspecified atom stereocenters. The van der Waals surface area contributed by atoms with Gasteiger partial charge in [-0.25, -0.2) is 0 Å². The molecule has 1 aromatic carbocycles. The molecule has 0 atom stereocenters. The van der Waals surface area contributed by atoms with Crippen molar-refractivity contribution in [2.24, 2.45) is 5.73 Å². The van der Waals surface area contributed by atoms with Crippen molar-refractivity contribution in [3.63, 3.8) is 0 Å². The van der Waals surface area contributed by atoms with E-state index < -0.39 is 0 Å². The van der Waals surface area contributed by atoms with Crippen molar-refractivity contribution in [2.75, 3.05) is 11.9 Å². The van der Waals surface area contributed by atoms with Gasteiger partial charge in [-0.15, -0.1) is 0 Å². The Bertz CT molecular complexity index is 333. The molecule has 0 aromatic heterocycles. The third-order valence-electron chi connectivity index (χ3n) is 3.15. The standard InChI is InChI=1S/C12H17BrN2/c1-9-5-10(13)7-11(6-9)15-12(8-14)3-2-4-12/h5-7,15H,2-4,8,14H2,1H3. The number of nitrogens with two attached hydrogens (primary N) is 1. The van der Waals surface area contributed by atoms with E-state index in [4.69, 9.17) is 5.73 Å². The Balaban J connectivity index is 2.16. The first-order chi connectivity index (χ1) is 7.13. The highest BCUT2D eigenvalue weighted by Crippen LogP contribution is 2.35. The van der Waals surface area contributed by atoms with Crippen LogP contribution in [0.4, 0.5) is 5.69 Å². The Hall–Kier alpha value is -0.540. The SMILES string of the molecule is Cc1cc(Br)cc(NC2(CN)CCC2)c1. The van der Waals surface area contributed by atoms with Crippen LogP contribution in [0.2, 0.25) is 0 Å². The van der Waals surface area contributed by atoms with Crippen LogP contribution < -0.4 is 11.1 Å². The molecule has 1 saturated carbocycles. The Morgan fingerprint density at radius 3 is 2.60 bits per heavy atom. The summed E-state index contributed by atoms with van der Waals surface area (Å²) in [5, 5.41) is 3.57. The van der Waals surface area contributed by atoms with Gasteiger partial charge in [-0.2, -0.15) is 0 Å². The molecule has 0 radical (unpaired) electrons. The predicted octanol–water partition coefficient (Wildman–Crippen LogP) is 3.05. The van der Waals surface area contributed by atoms with Crippen molar-refractivity contribution >= 4 is 21.6 Å². The fourth-order valence-electron chi connectivity index (χ4n) is 2.10. The number of aryl methyl sites for hydroxylation is 1. The number of anilines is 1. The van der Waals surface area contributed by atoms with Crippen LogP contribution in [0.5, 0.6) is 0 Å². The second-order valence-corrected chi connectivity index (χ2v) is 5.40. The fourth-order valence-corrected chi connectivity index (χ4v) is 2.71. The zero-order valence-corrected chi connectivity index (χ0v) is 10.6. The molecule has 82 valence electrons. The molecule has 3 N–H and O–H groups in total. The van der Waals surface area contributed by atoms with E-state index in [0.29, 0.717) is 0 Å². The molecule has 1 aliphatic rings. The Morgan fingerprint density at radius 1 is 1.40 bits per heavy atom. The molecule has 0 spiro atoms. The average molecular weight is 269 g/mol. The van der Waals surface area contributed by atoms with Crippen LogP contribution >= 0.6 is 15.9 Å². The number of nitrogens with one attached hydrogen (secondary N) is 1. The molecule has 0 heterocycles. The number of hydrogen-bond acceptors (Lipinski definition) is 2. The molecule has 2 rings (SSSR count). The normalized spacial score (nSPS) is 18.3. The lowest BCUT2D eigenvalue weighted by molar-refractivity contribution is 0.287. The van der Waals surface area contributed by atoms with Crippen LogP contribution in [-0.4, -0.2) is 12.1 Å². The first-order valence-corrected chi connectivity index (χ1v) is 6.18. The Labute approximate surface area is 99.4 Å². The summed E-state index contributed by atoms with van der Waals surface area (Å²) in [5.74, 6) is 0. The van der Waals surface area contributed by atoms with Gasteiger partial charge in [-0.05, 0) is 49.9 Å². The van der Waals surface area contributed by atoms with Gasteiger partial charge in [0.15, 0.2) is 0 Å². The van der Waals surface area contributed by atoms with Crippen LogP contribution in [-0.2, 0) is 0 Å². The third kappa shape index (κ3) is 2.34. The lowest BCUT2D eigenvalue weighted by atomic mass is 9.76. The molecule has 0 saturated heterocycles. The molecular weight excluding hydrogens is 252 g/mol. The molecule has 1 fully saturated rings. The number of rotatable bonds is 3. The molecule has 0 amide bonds. The minimum Gasteiger partial charge on any atom is -0.378 e. The summed E-state index contributed by atoms with van der Waals surface area (Å²) in [4.78, 5) is 0. The monoisotopic (exact) mass is 268 g/mol. The number of hydrogen-bond donors (Lipinski definition) is 2. The van der Waals surface area contributed by atoms with Crippen LogP contribution in [0.1, 0.15) is 24.8 Å². The summed E-state index contributed by atoms with van der Waals surface area (Å²) in [6.07, 6.45) is 3.67. The molecule has 0 bridgehead atoms. The second kappa shape index (κ2) is 4.14. The quantitative estimate of drug-likeness (QED) is 0.885. The summed E-state index contributed by atoms with van der Waals surface area (Å²) in [6.45, 7) is 2.82. The average Bonchev–Trinajstić information content (AvgIpc) is 2.10. The van der Waals surface area contributed by atoms with E-state index in [0.717, 1.165) is 11.0 Å². The lowest BCUT2D eigenvalue weighted by Gasteiger charge is -2.42. The third-order valence-corrected chi connectivity index (χ3v) is 3.61. The summed E-state index contributed by atoms with van der Waals surface area (Å²) in [7, 11) is 0. The topological polar surface area (TPSA) is 38.0 Å². The van der Waals surface area contributed by atoms with E-state index in [2.05, 4.69) is 46.4 Å². The van der Waals surface area contributed by atoms with E-state index in [9.17, 15) is 0 Å². The van der Waals surface area contributed by atoms with Gasteiger partial charge in [0.1, 0.15) is 0 Å². The Morgan fingerprint density at radius 2 is 2.13 bits per heavy atom. The number of benzene rings is 1. The van der Waals surface area contributed by atoms with Gasteiger partial charge in [0.25, 0.3) is 0 Å². The second-order valence-electron chi connectivity index (χ2n) is 4.48. The first-order valence-electron chi connectivity index (χ1n) is 5.39. The maximum absolute atomic E-state index is 5.82. The zero-order chi connectivity index (χ0) is 10.9. The maximum Gasteiger partial charge on any atom is 0.0495 e. The van der Waals surface area contributed by atoms with Crippen molar-refractivity contribution in [1.29, 1.82) is 0 Å². The van der Waals surface area contributed by atoms with Crippen LogP contribution in [0.15, 0.2) is 22.7 Å². The first kappa shape index (κ1) is 11.0. The largest absolute Gasteiger partial charge is 0.378 e. The smallest absolute Gasteiger partial charge is 0.0495 e. The van der Waals surface area contributed by atoms with Crippen molar-refractivity contribution in [2.45, 2.75) is 31.7 Å². The lowest BCUT2D eigenvalue weighted by Crippen LogP contribution is -2.51. The van der Waals surface area contributed by atoms with E-state index in [1.807, 2.05) is 0 Å². The van der Waals surface area contributed by atoms with Crippen LogP contribution in [0.3, 0.4) is 0 Å². The summed E-state index contributed by atoms with van der Waals surface area (Å²) in [5.41, 5.74) is 8.41. The highest BCUT2D eigenvalue weighted by molar-refractivity contribution is 9.10. The summed E-state index contributed by atoms with van der Waals surface area (Å²) >= 11 is 3.51. The summed E-state index contributed by atoms with van der Waals surface area (Å²) in [6, 6.07) is 6.39. The fraction of sp³-hybridized carbons (Fsp3) is 0.500. The van der Waals surface area contributed by atoms with E-state index in [-0.39, 0.29) is 5.54 Å². The van der Waals surface area contributed by atoms with E-state index in [1.165, 1.54) is 30.5 Å². The van der Waals surface area contributed by atoms with Gasteiger partial charge in [-0.3, -0.25) is 0 Å². The van der Waals surface area contributed by atoms with E-state index >= 15 is 0 Å². The molecule has 1 aliphatic carbocycles. The predicted molar refractivity (Wildman–Crippen MR) is 68.1 cm³/mol. The minimum absolute atomic E-state index is 0.160. The van der Waals surface area contributed by atoms with Crippen molar-refractivity contribution in [1.82, 2.24) is 0 Å². The highest BCUT2D eigenvalue weighted by atomic mass is 79.9. The molecule has 15 heavy (non-hydrogen) atoms. The van der Waals surface area contributed by atoms with Crippen molar-refractivity contribution < 1.29 is 0 Å². The molecule has 1 aromatic rings. The van der Waals surface area contributed by atoms with Crippen molar-refractivity contribution in [3.8, 4) is 0 Å². The zero-order valence-electron chi connectivity index (χ0n) is 9.02. The van der Waals surface area contributed by atoms with Crippen LogP contribution in [0.25, 0.3) is 0 Å². The summed E-state index contributed by atoms with van der Waals surface area (Å²) < 4.78 is 1.12. The van der Waals surface area contributed by atoms with Gasteiger partial charge < -0.3 is 11.1 Å². The molecular formula is C12H17BrN2. The van der Waals surface area contributed by atoms with Gasteiger partial charge in [0.2, 0.25) is 0 Å². The molecule has 0 aliphatic heterocycles. The van der Waals surface area contributed by atoms with E-state index in [1.54, 1.807) is 0 Å². The van der Waals surface area contributed by atoms with Crippen molar-refractivity contribution in [3.05, 3.63) is 28.2 Å². The van der Waals surface area contributed by atoms with Gasteiger partial charge in [0, 0.05) is 22.2 Å². The molecule has 2 nitrogen and oxygen atoms in total. The van der Waals surface area contributed by atoms with Gasteiger partial charge in [-0.1, -0.05) is 15.9 Å². The highest BCUT2D eigenvalue weighted by Gasteiger charge is 2.35. The van der Waals surface area contributed by atoms with Gasteiger partial charge >= 0.3 is 0 Å². The molecule has 3 heteroatoms. The van der Waals surface area contributed by atoms with Gasteiger partial charge in [0.05, 0.1) is 0 Å².